The predicted octanol–water partition coefficient (Wildman–Crippen LogP) is 4.22. The van der Waals surface area contributed by atoms with Gasteiger partial charge in [-0.3, -0.25) is 9.78 Å². The van der Waals surface area contributed by atoms with Gasteiger partial charge in [0.1, 0.15) is 12.0 Å². The zero-order chi connectivity index (χ0) is 21.4. The molecule has 0 spiro atoms. The minimum absolute atomic E-state index is 0.0158. The third-order valence-electron chi connectivity index (χ3n) is 5.73. The number of pyridine rings is 1. The molecule has 154 valence electrons. The van der Waals surface area contributed by atoms with Gasteiger partial charge in [0.15, 0.2) is 14.1 Å². The summed E-state index contributed by atoms with van der Waals surface area (Å²) in [5.41, 5.74) is 7.94. The fourth-order valence-electron chi connectivity index (χ4n) is 2.87. The molecule has 0 fully saturated rings. The highest BCUT2D eigenvalue weighted by Gasteiger charge is 2.37. The molecule has 7 nitrogen and oxygen atoms in total. The Morgan fingerprint density at radius 3 is 2.62 bits per heavy atom. The number of ketones is 1. The summed E-state index contributed by atoms with van der Waals surface area (Å²) in [6, 6.07) is 1.65. The van der Waals surface area contributed by atoms with Crippen LogP contribution in [0.3, 0.4) is 0 Å². The van der Waals surface area contributed by atoms with Crippen LogP contribution < -0.4 is 5.73 Å². The molecule has 0 unspecified atom stereocenters. The summed E-state index contributed by atoms with van der Waals surface area (Å²) in [4.78, 5) is 25.7. The van der Waals surface area contributed by atoms with Crippen LogP contribution in [0.25, 0.3) is 11.0 Å². The monoisotopic (exact) mass is 411 g/mol. The maximum atomic E-state index is 13.1. The van der Waals surface area contributed by atoms with Gasteiger partial charge in [0.05, 0.1) is 23.9 Å². The lowest BCUT2D eigenvalue weighted by molar-refractivity contribution is 0.103. The molecule has 0 aliphatic rings. The number of rotatable bonds is 6. The second-order valence-electron chi connectivity index (χ2n) is 8.97. The first-order valence-corrected chi connectivity index (χ1v) is 12.6. The number of nitrogens with two attached hydrogens (primary N) is 1. The first kappa shape index (κ1) is 21.1. The molecule has 8 heteroatoms. The van der Waals surface area contributed by atoms with Gasteiger partial charge < -0.3 is 14.7 Å². The van der Waals surface area contributed by atoms with Crippen LogP contribution in [-0.4, -0.2) is 40.2 Å². The molecule has 0 saturated carbocycles. The molecule has 29 heavy (non-hydrogen) atoms. The average molecular weight is 412 g/mol. The number of nitrogens with zero attached hydrogens (tertiary/aromatic N) is 4. The molecule has 0 aliphatic heterocycles. The number of hydrogen-bond donors (Lipinski definition) is 1. The highest BCUT2D eigenvalue weighted by Crippen LogP contribution is 2.37. The largest absolute Gasteiger partial charge is 0.415 e. The minimum Gasteiger partial charge on any atom is -0.415 e. The van der Waals surface area contributed by atoms with E-state index in [9.17, 15) is 4.79 Å². The van der Waals surface area contributed by atoms with E-state index in [0.29, 0.717) is 34.5 Å². The van der Waals surface area contributed by atoms with E-state index in [1.165, 1.54) is 18.7 Å². The lowest BCUT2D eigenvalue weighted by Gasteiger charge is -2.37. The Balaban J connectivity index is 1.95. The van der Waals surface area contributed by atoms with Crippen molar-refractivity contribution in [3.05, 3.63) is 48.3 Å². The Morgan fingerprint density at radius 1 is 1.24 bits per heavy atom. The fraction of sp³-hybridized carbons (Fsp3) is 0.429. The lowest BCUT2D eigenvalue weighted by atomic mass is 10.1. The highest BCUT2D eigenvalue weighted by atomic mass is 28.4. The van der Waals surface area contributed by atoms with Gasteiger partial charge in [0.2, 0.25) is 0 Å². The quantitative estimate of drug-likeness (QED) is 0.482. The Hall–Kier alpha value is -2.58. The number of nitrogen functional groups attached to an aromatic ring is 1. The van der Waals surface area contributed by atoms with Gasteiger partial charge in [0, 0.05) is 35.7 Å². The van der Waals surface area contributed by atoms with E-state index in [4.69, 9.17) is 10.2 Å². The number of fused-ring (bicyclic) bond motifs is 1. The van der Waals surface area contributed by atoms with E-state index >= 15 is 0 Å². The van der Waals surface area contributed by atoms with E-state index in [-0.39, 0.29) is 16.9 Å². The van der Waals surface area contributed by atoms with E-state index in [1.807, 2.05) is 10.8 Å². The molecule has 0 saturated heterocycles. The van der Waals surface area contributed by atoms with E-state index in [0.717, 1.165) is 0 Å². The maximum absolute atomic E-state index is 13.1. The molecule has 0 aromatic carbocycles. The molecule has 0 radical (unpaired) electrons. The zero-order valence-electron chi connectivity index (χ0n) is 17.9. The number of carbonyl (C=O) groups is 1. The molecule has 2 N–H and O–H groups in total. The van der Waals surface area contributed by atoms with Crippen LogP contribution >= 0.6 is 0 Å². The Bertz CT molecular complexity index is 1040. The first-order chi connectivity index (χ1) is 13.5. The summed E-state index contributed by atoms with van der Waals surface area (Å²) >= 11 is 0. The molecular formula is C21H29N5O2Si. The van der Waals surface area contributed by atoms with E-state index in [2.05, 4.69) is 55.7 Å². The third-order valence-corrected chi connectivity index (χ3v) is 10.2. The van der Waals surface area contributed by atoms with Crippen LogP contribution in [0.5, 0.6) is 0 Å². The smallest absolute Gasteiger partial charge is 0.196 e. The van der Waals surface area contributed by atoms with Crippen LogP contribution in [0.15, 0.2) is 37.2 Å². The number of aromatic nitrogens is 4. The summed E-state index contributed by atoms with van der Waals surface area (Å²) < 4.78 is 8.39. The van der Waals surface area contributed by atoms with Crippen molar-refractivity contribution in [2.45, 2.75) is 51.9 Å². The lowest BCUT2D eigenvalue weighted by Crippen LogP contribution is -2.41. The number of anilines is 1. The Labute approximate surface area is 172 Å². The van der Waals surface area contributed by atoms with Gasteiger partial charge in [-0.15, -0.1) is 0 Å². The van der Waals surface area contributed by atoms with Crippen molar-refractivity contribution in [3.8, 4) is 0 Å². The second kappa shape index (κ2) is 7.68. The van der Waals surface area contributed by atoms with Crippen LogP contribution in [0.4, 0.5) is 5.69 Å². The topological polar surface area (TPSA) is 95.9 Å². The molecule has 1 atom stereocenters. The van der Waals surface area contributed by atoms with E-state index in [1.54, 1.807) is 12.3 Å². The van der Waals surface area contributed by atoms with E-state index < -0.39 is 8.32 Å². The molecule has 3 aromatic heterocycles. The first-order valence-electron chi connectivity index (χ1n) is 9.71. The predicted molar refractivity (Wildman–Crippen MR) is 117 cm³/mol. The fourth-order valence-corrected chi connectivity index (χ4v) is 3.96. The van der Waals surface area contributed by atoms with Crippen molar-refractivity contribution in [3.63, 3.8) is 0 Å². The maximum Gasteiger partial charge on any atom is 0.196 e. The Kier molecular flexibility index (Phi) is 5.60. The summed E-state index contributed by atoms with van der Waals surface area (Å²) in [5, 5.41) is 0.841. The van der Waals surface area contributed by atoms with Crippen molar-refractivity contribution < 1.29 is 9.22 Å². The minimum atomic E-state index is -1.88. The second-order valence-corrected chi connectivity index (χ2v) is 13.8. The third kappa shape index (κ3) is 4.23. The van der Waals surface area contributed by atoms with Crippen LogP contribution in [-0.2, 0) is 4.43 Å². The van der Waals surface area contributed by atoms with Gasteiger partial charge in [-0.2, -0.15) is 0 Å². The van der Waals surface area contributed by atoms with Gasteiger partial charge >= 0.3 is 0 Å². The van der Waals surface area contributed by atoms with Crippen molar-refractivity contribution in [1.29, 1.82) is 0 Å². The Morgan fingerprint density at radius 2 is 1.97 bits per heavy atom. The highest BCUT2D eigenvalue weighted by molar-refractivity contribution is 6.74. The van der Waals surface area contributed by atoms with Gasteiger partial charge in [-0.05, 0) is 31.1 Å². The average Bonchev–Trinajstić information content (AvgIpc) is 3.04. The van der Waals surface area contributed by atoms with Crippen molar-refractivity contribution in [2.24, 2.45) is 0 Å². The normalized spacial score (nSPS) is 13.6. The number of carbonyl (C=O) groups excluding carboxylic acids is 1. The van der Waals surface area contributed by atoms with Crippen LogP contribution in [0.1, 0.15) is 49.7 Å². The standard InChI is InChI=1S/C21H29N5O2Si/c1-14(12-28-29(5,6)21(2,3)4)26-11-18(17-10-24-13-25-20(17)26)19(27)15-7-16(22)9-23-8-15/h7-11,13-14H,12,22H2,1-6H3/t14-/m1/s1. The molecule has 0 aliphatic carbocycles. The molecule has 3 rings (SSSR count). The molecular weight excluding hydrogens is 382 g/mol. The van der Waals surface area contributed by atoms with Gasteiger partial charge in [-0.25, -0.2) is 9.97 Å². The van der Waals surface area contributed by atoms with Gasteiger partial charge in [0.25, 0.3) is 0 Å². The van der Waals surface area contributed by atoms with Crippen LogP contribution in [0, 0.1) is 0 Å². The molecule has 0 bridgehead atoms. The molecule has 3 heterocycles. The summed E-state index contributed by atoms with van der Waals surface area (Å²) in [7, 11) is -1.88. The van der Waals surface area contributed by atoms with Crippen molar-refractivity contribution in [1.82, 2.24) is 19.5 Å². The SMILES string of the molecule is C[C@H](CO[Si](C)(C)C(C)(C)C)n1cc(C(=O)c2cncc(N)c2)c2cncnc21. The van der Waals surface area contributed by atoms with Crippen LogP contribution in [0.2, 0.25) is 18.1 Å². The molecule has 3 aromatic rings. The van der Waals surface area contributed by atoms with Crippen molar-refractivity contribution in [2.75, 3.05) is 12.3 Å². The summed E-state index contributed by atoms with van der Waals surface area (Å²) in [5.74, 6) is -0.152. The van der Waals surface area contributed by atoms with Crippen molar-refractivity contribution >= 4 is 30.8 Å². The summed E-state index contributed by atoms with van der Waals surface area (Å²) in [6.45, 7) is 13.8. The number of hydrogen-bond acceptors (Lipinski definition) is 6. The zero-order valence-corrected chi connectivity index (χ0v) is 18.9. The summed E-state index contributed by atoms with van der Waals surface area (Å²) in [6.07, 6.45) is 8.05. The molecule has 0 amide bonds. The van der Waals surface area contributed by atoms with Gasteiger partial charge in [-0.1, -0.05) is 20.8 Å².